The largest absolute Gasteiger partial charge is 0.292 e. The minimum Gasteiger partial charge on any atom is -0.292 e. The van der Waals surface area contributed by atoms with Gasteiger partial charge in [-0.15, -0.1) is 11.3 Å². The van der Waals surface area contributed by atoms with E-state index in [2.05, 4.69) is 168 Å². The maximum atomic E-state index is 5.66. The van der Waals surface area contributed by atoms with Gasteiger partial charge in [0.05, 0.1) is 22.1 Å². The van der Waals surface area contributed by atoms with Gasteiger partial charge in [-0.05, 0) is 68.0 Å². The highest BCUT2D eigenvalue weighted by Gasteiger charge is 2.23. The smallest absolute Gasteiger partial charge is 0.165 e. The molecule has 0 aliphatic rings. The van der Waals surface area contributed by atoms with Gasteiger partial charge in [-0.3, -0.25) is 4.57 Å². The summed E-state index contributed by atoms with van der Waals surface area (Å²) in [5, 5.41) is 14.7. The molecule has 3 aromatic heterocycles. The fraction of sp³-hybridized carbons (Fsp3) is 0. The lowest BCUT2D eigenvalue weighted by atomic mass is 10.0. The molecule has 240 valence electrons. The number of hydrogen-bond donors (Lipinski definition) is 0. The summed E-state index contributed by atoms with van der Waals surface area (Å²) in [6.07, 6.45) is 0. The Labute approximate surface area is 301 Å². The van der Waals surface area contributed by atoms with E-state index in [0.717, 1.165) is 49.9 Å². The molecular formula is C48H27N3S. The topological polar surface area (TPSA) is 30.7 Å². The molecule has 4 heteroatoms. The van der Waals surface area contributed by atoms with Crippen molar-refractivity contribution in [2.24, 2.45) is 0 Å². The van der Waals surface area contributed by atoms with Crippen molar-refractivity contribution in [2.45, 2.75) is 0 Å². The van der Waals surface area contributed by atoms with Crippen LogP contribution in [-0.4, -0.2) is 14.5 Å². The molecule has 9 aromatic carbocycles. The second-order valence-corrected chi connectivity index (χ2v) is 14.8. The summed E-state index contributed by atoms with van der Waals surface area (Å²) >= 11 is 1.89. The molecule has 0 bridgehead atoms. The lowest BCUT2D eigenvalue weighted by molar-refractivity contribution is 1.08. The van der Waals surface area contributed by atoms with Crippen LogP contribution in [0.4, 0.5) is 0 Å². The fourth-order valence-corrected chi connectivity index (χ4v) is 9.74. The molecular weight excluding hydrogens is 651 g/mol. The standard InChI is InChI=1S/C48H27N3S/c1-2-13-32-25-33(18-17-28(32)9-1)45-48(50-46-35-15-7-4-11-30(35)20-23-40(46)49-45)51-41-24-21-29-10-3-6-14-34(29)44(41)39-27-43-38(26-42(39)51)37-22-19-31-12-5-8-16-36(31)47(37)52-43/h1-27H. The first kappa shape index (κ1) is 28.1. The first-order valence-electron chi connectivity index (χ1n) is 17.7. The van der Waals surface area contributed by atoms with Crippen LogP contribution in [0, 0.1) is 0 Å². The quantitative estimate of drug-likeness (QED) is 0.171. The van der Waals surface area contributed by atoms with Crippen LogP contribution in [-0.2, 0) is 0 Å². The van der Waals surface area contributed by atoms with E-state index in [4.69, 9.17) is 9.97 Å². The molecule has 3 heterocycles. The van der Waals surface area contributed by atoms with Crippen molar-refractivity contribution in [3.63, 3.8) is 0 Å². The number of hydrogen-bond acceptors (Lipinski definition) is 3. The van der Waals surface area contributed by atoms with Gasteiger partial charge in [0, 0.05) is 41.9 Å². The average molecular weight is 678 g/mol. The van der Waals surface area contributed by atoms with Crippen LogP contribution in [0.3, 0.4) is 0 Å². The number of nitrogens with zero attached hydrogens (tertiary/aromatic N) is 3. The third kappa shape index (κ3) is 3.90. The molecule has 3 nitrogen and oxygen atoms in total. The summed E-state index contributed by atoms with van der Waals surface area (Å²) in [7, 11) is 0. The maximum absolute atomic E-state index is 5.66. The second-order valence-electron chi connectivity index (χ2n) is 13.8. The van der Waals surface area contributed by atoms with E-state index in [1.807, 2.05) is 11.3 Å². The molecule has 0 atom stereocenters. The zero-order valence-electron chi connectivity index (χ0n) is 27.8. The van der Waals surface area contributed by atoms with Crippen molar-refractivity contribution >= 4 is 107 Å². The highest BCUT2D eigenvalue weighted by Crippen LogP contribution is 2.45. The number of aromatic nitrogens is 3. The van der Waals surface area contributed by atoms with Crippen molar-refractivity contribution < 1.29 is 0 Å². The SMILES string of the molecule is c1ccc2cc(-c3nc4ccc5ccccc5c4nc3-n3c4cc5c(cc4c4c6ccccc6ccc43)sc3c4ccccc4ccc53)ccc2c1. The number of thiophene rings is 1. The second kappa shape index (κ2) is 10.5. The van der Waals surface area contributed by atoms with Crippen LogP contribution in [0.2, 0.25) is 0 Å². The van der Waals surface area contributed by atoms with Crippen LogP contribution in [0.1, 0.15) is 0 Å². The summed E-state index contributed by atoms with van der Waals surface area (Å²) in [6.45, 7) is 0. The van der Waals surface area contributed by atoms with Crippen molar-refractivity contribution in [2.75, 3.05) is 0 Å². The first-order chi connectivity index (χ1) is 25.8. The van der Waals surface area contributed by atoms with E-state index in [1.54, 1.807) is 0 Å². The van der Waals surface area contributed by atoms with Gasteiger partial charge in [-0.25, -0.2) is 9.97 Å². The molecule has 0 spiro atoms. The number of benzene rings is 9. The minimum absolute atomic E-state index is 0.832. The Kier molecular flexibility index (Phi) is 5.65. The molecule has 0 radical (unpaired) electrons. The van der Waals surface area contributed by atoms with E-state index in [9.17, 15) is 0 Å². The van der Waals surface area contributed by atoms with Gasteiger partial charge < -0.3 is 0 Å². The number of rotatable bonds is 2. The third-order valence-corrected chi connectivity index (χ3v) is 12.1. The van der Waals surface area contributed by atoms with Crippen molar-refractivity contribution in [3.05, 3.63) is 164 Å². The van der Waals surface area contributed by atoms with E-state index < -0.39 is 0 Å². The van der Waals surface area contributed by atoms with Gasteiger partial charge in [0.1, 0.15) is 5.69 Å². The monoisotopic (exact) mass is 677 g/mol. The van der Waals surface area contributed by atoms with Crippen LogP contribution < -0.4 is 0 Å². The fourth-order valence-electron chi connectivity index (χ4n) is 8.48. The van der Waals surface area contributed by atoms with E-state index in [1.165, 1.54) is 63.3 Å². The normalized spacial score (nSPS) is 12.2. The van der Waals surface area contributed by atoms with E-state index in [-0.39, 0.29) is 0 Å². The zero-order valence-corrected chi connectivity index (χ0v) is 28.7. The Balaban J connectivity index is 1.28. The van der Waals surface area contributed by atoms with Gasteiger partial charge >= 0.3 is 0 Å². The molecule has 0 saturated heterocycles. The van der Waals surface area contributed by atoms with Crippen molar-refractivity contribution in [3.8, 4) is 17.1 Å². The van der Waals surface area contributed by atoms with Crippen molar-refractivity contribution in [1.82, 2.24) is 14.5 Å². The zero-order chi connectivity index (χ0) is 33.9. The lowest BCUT2D eigenvalue weighted by Gasteiger charge is -2.15. The third-order valence-electron chi connectivity index (χ3n) is 10.9. The summed E-state index contributed by atoms with van der Waals surface area (Å²) in [6, 6.07) is 59.3. The molecule has 0 fully saturated rings. The van der Waals surface area contributed by atoms with E-state index >= 15 is 0 Å². The van der Waals surface area contributed by atoms with Crippen LogP contribution in [0.15, 0.2) is 164 Å². The van der Waals surface area contributed by atoms with Gasteiger partial charge in [0.25, 0.3) is 0 Å². The first-order valence-corrected chi connectivity index (χ1v) is 18.5. The lowest BCUT2D eigenvalue weighted by Crippen LogP contribution is -2.04. The molecule has 12 rings (SSSR count). The van der Waals surface area contributed by atoms with Crippen LogP contribution in [0.25, 0.3) is 113 Å². The molecule has 0 aliphatic heterocycles. The molecule has 12 aromatic rings. The Morgan fingerprint density at radius 3 is 1.92 bits per heavy atom. The molecule has 0 aliphatic carbocycles. The Morgan fingerprint density at radius 1 is 0.423 bits per heavy atom. The Hall–Kier alpha value is -6.62. The van der Waals surface area contributed by atoms with Crippen LogP contribution >= 0.6 is 11.3 Å². The van der Waals surface area contributed by atoms with Crippen molar-refractivity contribution in [1.29, 1.82) is 0 Å². The summed E-state index contributed by atoms with van der Waals surface area (Å²) in [5.41, 5.74) is 5.94. The van der Waals surface area contributed by atoms with Crippen LogP contribution in [0.5, 0.6) is 0 Å². The summed E-state index contributed by atoms with van der Waals surface area (Å²) in [4.78, 5) is 11.1. The van der Waals surface area contributed by atoms with Gasteiger partial charge in [0.2, 0.25) is 0 Å². The van der Waals surface area contributed by atoms with Gasteiger partial charge in [-0.1, -0.05) is 133 Å². The molecule has 52 heavy (non-hydrogen) atoms. The summed E-state index contributed by atoms with van der Waals surface area (Å²) in [5.74, 6) is 0.832. The van der Waals surface area contributed by atoms with E-state index in [0.29, 0.717) is 0 Å². The molecule has 0 saturated carbocycles. The van der Waals surface area contributed by atoms with Gasteiger partial charge in [0.15, 0.2) is 5.82 Å². The predicted molar refractivity (Wildman–Crippen MR) is 222 cm³/mol. The number of fused-ring (bicyclic) bond motifs is 14. The Morgan fingerprint density at radius 2 is 1.08 bits per heavy atom. The predicted octanol–water partition coefficient (Wildman–Crippen LogP) is 13.4. The summed E-state index contributed by atoms with van der Waals surface area (Å²) < 4.78 is 5.01. The van der Waals surface area contributed by atoms with Gasteiger partial charge in [-0.2, -0.15) is 0 Å². The average Bonchev–Trinajstić information content (AvgIpc) is 3.74. The Bertz CT molecular complexity index is 3480. The minimum atomic E-state index is 0.832. The maximum Gasteiger partial charge on any atom is 0.165 e. The molecule has 0 N–H and O–H groups in total. The highest BCUT2D eigenvalue weighted by atomic mass is 32.1. The highest BCUT2D eigenvalue weighted by molar-refractivity contribution is 7.26. The molecule has 0 unspecified atom stereocenters. The molecule has 0 amide bonds.